The van der Waals surface area contributed by atoms with Crippen LogP contribution in [0.2, 0.25) is 0 Å². The molecule has 0 aliphatic heterocycles. The molecule has 1 heterocycles. The van der Waals surface area contributed by atoms with Gasteiger partial charge in [-0.25, -0.2) is 9.37 Å². The van der Waals surface area contributed by atoms with Gasteiger partial charge in [0.2, 0.25) is 0 Å². The predicted octanol–water partition coefficient (Wildman–Crippen LogP) is 2.53. The molecule has 0 saturated heterocycles. The van der Waals surface area contributed by atoms with E-state index in [2.05, 4.69) is 20.9 Å². The highest BCUT2D eigenvalue weighted by atomic mass is 79.9. The maximum absolute atomic E-state index is 13.7. The van der Waals surface area contributed by atoms with Gasteiger partial charge in [0.1, 0.15) is 10.4 Å². The number of benzene rings is 1. The number of hydrogen-bond acceptors (Lipinski definition) is 3. The second-order valence-corrected chi connectivity index (χ2v) is 4.80. The summed E-state index contributed by atoms with van der Waals surface area (Å²) < 4.78 is 21.1. The third kappa shape index (κ3) is 2.64. The van der Waals surface area contributed by atoms with Crippen LogP contribution in [0.25, 0.3) is 11.3 Å². The van der Waals surface area contributed by atoms with Crippen LogP contribution in [0.4, 0.5) is 4.39 Å². The van der Waals surface area contributed by atoms with Crippen molar-refractivity contribution < 1.29 is 14.2 Å². The van der Waals surface area contributed by atoms with E-state index in [1.165, 1.54) is 13.2 Å². The molecule has 4 nitrogen and oxygen atoms in total. The topological polar surface area (TPSA) is 47.3 Å². The molecule has 0 atom stereocenters. The van der Waals surface area contributed by atoms with Gasteiger partial charge in [-0.15, -0.1) is 0 Å². The third-order valence-electron chi connectivity index (χ3n) is 2.91. The summed E-state index contributed by atoms with van der Waals surface area (Å²) in [5.41, 5.74) is 1.47. The summed E-state index contributed by atoms with van der Waals surface area (Å²) in [5.74, 6) is 0.523. The van der Waals surface area contributed by atoms with Crippen LogP contribution < -0.4 is 4.74 Å². The summed E-state index contributed by atoms with van der Waals surface area (Å²) in [6, 6.07) is 4.76. The lowest BCUT2D eigenvalue weighted by Gasteiger charge is -2.08. The predicted molar refractivity (Wildman–Crippen MR) is 73.6 cm³/mol. The van der Waals surface area contributed by atoms with Gasteiger partial charge >= 0.3 is 0 Å². The number of aliphatic hydroxyl groups excluding tert-OH is 1. The Morgan fingerprint density at radius 1 is 1.47 bits per heavy atom. The maximum atomic E-state index is 13.7. The Morgan fingerprint density at radius 3 is 2.79 bits per heavy atom. The first kappa shape index (κ1) is 14.0. The van der Waals surface area contributed by atoms with Gasteiger partial charge in [0.25, 0.3) is 0 Å². The minimum atomic E-state index is -0.420. The molecule has 0 spiro atoms. The lowest BCUT2D eigenvalue weighted by atomic mass is 10.1. The van der Waals surface area contributed by atoms with Crippen molar-refractivity contribution in [2.24, 2.45) is 7.05 Å². The molecule has 1 aromatic carbocycles. The standard InChI is InChI=1S/C13H14BrFN2O2/c1-17-11(5-6-18)16-13(14)12(17)8-3-4-10(19-2)9(15)7-8/h3-4,7,18H,5-6H2,1-2H3. The lowest BCUT2D eigenvalue weighted by Crippen LogP contribution is -2.02. The summed E-state index contributed by atoms with van der Waals surface area (Å²) in [5, 5.41) is 8.98. The van der Waals surface area contributed by atoms with Gasteiger partial charge in [0.05, 0.1) is 19.4 Å². The SMILES string of the molecule is COc1ccc(-c2c(Br)nc(CCO)n2C)cc1F. The molecule has 0 bridgehead atoms. The molecule has 2 rings (SSSR count). The Morgan fingerprint density at radius 2 is 2.21 bits per heavy atom. The van der Waals surface area contributed by atoms with E-state index in [-0.39, 0.29) is 12.4 Å². The summed E-state index contributed by atoms with van der Waals surface area (Å²) in [6.45, 7) is 0.0215. The molecule has 0 radical (unpaired) electrons. The molecule has 0 amide bonds. The van der Waals surface area contributed by atoms with Crippen molar-refractivity contribution in [3.05, 3.63) is 34.4 Å². The number of halogens is 2. The molecule has 6 heteroatoms. The fourth-order valence-corrected chi connectivity index (χ4v) is 2.66. The van der Waals surface area contributed by atoms with Crippen molar-refractivity contribution in [2.45, 2.75) is 6.42 Å². The van der Waals surface area contributed by atoms with E-state index >= 15 is 0 Å². The number of rotatable bonds is 4. The van der Waals surface area contributed by atoms with E-state index in [0.29, 0.717) is 16.6 Å². The highest BCUT2D eigenvalue weighted by Crippen LogP contribution is 2.31. The van der Waals surface area contributed by atoms with Crippen LogP contribution in [0, 0.1) is 5.82 Å². The van der Waals surface area contributed by atoms with Crippen LogP contribution >= 0.6 is 15.9 Å². The molecule has 0 fully saturated rings. The van der Waals surface area contributed by atoms with Crippen LogP contribution in [-0.2, 0) is 13.5 Å². The van der Waals surface area contributed by atoms with Gasteiger partial charge in [-0.05, 0) is 34.1 Å². The van der Waals surface area contributed by atoms with Crippen LogP contribution in [-0.4, -0.2) is 28.4 Å². The fourth-order valence-electron chi connectivity index (χ4n) is 1.96. The largest absolute Gasteiger partial charge is 0.494 e. The molecule has 1 aromatic heterocycles. The number of ether oxygens (including phenoxy) is 1. The number of imidazole rings is 1. The smallest absolute Gasteiger partial charge is 0.165 e. The molecule has 0 unspecified atom stereocenters. The minimum Gasteiger partial charge on any atom is -0.494 e. The van der Waals surface area contributed by atoms with Gasteiger partial charge in [-0.1, -0.05) is 0 Å². The van der Waals surface area contributed by atoms with Crippen LogP contribution in [0.15, 0.2) is 22.8 Å². The lowest BCUT2D eigenvalue weighted by molar-refractivity contribution is 0.295. The fraction of sp³-hybridized carbons (Fsp3) is 0.308. The van der Waals surface area contributed by atoms with Crippen LogP contribution in [0.1, 0.15) is 5.82 Å². The van der Waals surface area contributed by atoms with Crippen molar-refractivity contribution in [2.75, 3.05) is 13.7 Å². The summed E-state index contributed by atoms with van der Waals surface area (Å²) in [6.07, 6.45) is 0.452. The third-order valence-corrected chi connectivity index (χ3v) is 3.46. The van der Waals surface area contributed by atoms with Gasteiger partial charge in [0.15, 0.2) is 11.6 Å². The van der Waals surface area contributed by atoms with Gasteiger partial charge in [-0.3, -0.25) is 0 Å². The van der Waals surface area contributed by atoms with E-state index in [0.717, 1.165) is 11.5 Å². The molecular weight excluding hydrogens is 315 g/mol. The van der Waals surface area contributed by atoms with Gasteiger partial charge in [-0.2, -0.15) is 0 Å². The monoisotopic (exact) mass is 328 g/mol. The number of nitrogens with zero attached hydrogens (tertiary/aromatic N) is 2. The molecule has 0 aliphatic carbocycles. The van der Waals surface area contributed by atoms with E-state index in [9.17, 15) is 4.39 Å². The molecule has 1 N–H and O–H groups in total. The second-order valence-electron chi connectivity index (χ2n) is 4.05. The minimum absolute atomic E-state index is 0.0215. The molecule has 0 saturated carbocycles. The van der Waals surface area contributed by atoms with E-state index < -0.39 is 5.82 Å². The van der Waals surface area contributed by atoms with Crippen LogP contribution in [0.3, 0.4) is 0 Å². The summed E-state index contributed by atoms with van der Waals surface area (Å²) in [4.78, 5) is 4.31. The van der Waals surface area contributed by atoms with Crippen LogP contribution in [0.5, 0.6) is 5.75 Å². The molecule has 2 aromatic rings. The van der Waals surface area contributed by atoms with Crippen molar-refractivity contribution in [3.8, 4) is 17.0 Å². The van der Waals surface area contributed by atoms with Crippen molar-refractivity contribution >= 4 is 15.9 Å². The Hall–Kier alpha value is -1.40. The zero-order valence-electron chi connectivity index (χ0n) is 10.7. The second kappa shape index (κ2) is 5.71. The van der Waals surface area contributed by atoms with E-state index in [1.807, 2.05) is 11.6 Å². The average molecular weight is 329 g/mol. The van der Waals surface area contributed by atoms with Crippen molar-refractivity contribution in [1.29, 1.82) is 0 Å². The van der Waals surface area contributed by atoms with Crippen molar-refractivity contribution in [3.63, 3.8) is 0 Å². The Bertz CT molecular complexity index is 599. The van der Waals surface area contributed by atoms with Gasteiger partial charge < -0.3 is 14.4 Å². The summed E-state index contributed by atoms with van der Waals surface area (Å²) >= 11 is 3.37. The number of aliphatic hydroxyl groups is 1. The number of methoxy groups -OCH3 is 1. The molecular formula is C13H14BrFN2O2. The zero-order chi connectivity index (χ0) is 14.0. The molecule has 0 aliphatic rings. The first-order valence-corrected chi connectivity index (χ1v) is 6.53. The Labute approximate surface area is 119 Å². The van der Waals surface area contributed by atoms with E-state index in [4.69, 9.17) is 9.84 Å². The highest BCUT2D eigenvalue weighted by Gasteiger charge is 2.15. The Kier molecular flexibility index (Phi) is 4.21. The normalized spacial score (nSPS) is 10.8. The van der Waals surface area contributed by atoms with Crippen molar-refractivity contribution in [1.82, 2.24) is 9.55 Å². The van der Waals surface area contributed by atoms with Gasteiger partial charge in [0, 0.05) is 19.0 Å². The maximum Gasteiger partial charge on any atom is 0.165 e. The molecule has 102 valence electrons. The summed E-state index contributed by atoms with van der Waals surface area (Å²) in [7, 11) is 3.26. The first-order valence-electron chi connectivity index (χ1n) is 5.74. The zero-order valence-corrected chi connectivity index (χ0v) is 12.2. The Balaban J connectivity index is 2.49. The average Bonchev–Trinajstić information content (AvgIpc) is 2.65. The first-order chi connectivity index (χ1) is 9.08. The quantitative estimate of drug-likeness (QED) is 0.938. The number of aromatic nitrogens is 2. The molecule has 19 heavy (non-hydrogen) atoms. The highest BCUT2D eigenvalue weighted by molar-refractivity contribution is 9.10. The number of hydrogen-bond donors (Lipinski definition) is 1. The van der Waals surface area contributed by atoms with E-state index in [1.54, 1.807) is 12.1 Å².